The van der Waals surface area contributed by atoms with E-state index in [9.17, 15) is 4.79 Å². The summed E-state index contributed by atoms with van der Waals surface area (Å²) in [4.78, 5) is 11.3. The number of carbonyl (C=O) groups is 1. The summed E-state index contributed by atoms with van der Waals surface area (Å²) >= 11 is 6.12. The molecule has 0 saturated carbocycles. The minimum absolute atomic E-state index is 0.269. The van der Waals surface area contributed by atoms with E-state index in [0.717, 1.165) is 5.56 Å². The quantitative estimate of drug-likeness (QED) is 0.927. The fraction of sp³-hybridized carbons (Fsp3) is 0.133. The van der Waals surface area contributed by atoms with Gasteiger partial charge in [0.05, 0.1) is 5.56 Å². The number of rotatable bonds is 4. The minimum Gasteiger partial charge on any atom is -0.485 e. The lowest BCUT2D eigenvalue weighted by atomic mass is 10.1. The maximum absolute atomic E-state index is 11.3. The molecule has 1 amide bonds. The first-order valence-electron chi connectivity index (χ1n) is 5.89. The molecule has 0 saturated heterocycles. The first-order chi connectivity index (χ1) is 9.09. The Labute approximate surface area is 117 Å². The summed E-state index contributed by atoms with van der Waals surface area (Å²) in [5.41, 5.74) is 6.54. The second-order valence-corrected chi connectivity index (χ2v) is 4.55. The molecule has 0 aromatic heterocycles. The molecular formula is C15H14ClNO2. The average molecular weight is 276 g/mol. The number of carbonyl (C=O) groups excluding carboxylic acids is 1. The van der Waals surface area contributed by atoms with Gasteiger partial charge in [0.2, 0.25) is 0 Å². The van der Waals surface area contributed by atoms with Gasteiger partial charge in [0, 0.05) is 10.6 Å². The van der Waals surface area contributed by atoms with Crippen LogP contribution in [0.25, 0.3) is 0 Å². The van der Waals surface area contributed by atoms with E-state index in [1.807, 2.05) is 25.1 Å². The summed E-state index contributed by atoms with van der Waals surface area (Å²) in [6, 6.07) is 14.3. The highest BCUT2D eigenvalue weighted by molar-refractivity contribution is 6.31. The number of amides is 1. The highest BCUT2D eigenvalue weighted by atomic mass is 35.5. The number of nitrogens with two attached hydrogens (primary N) is 1. The second-order valence-electron chi connectivity index (χ2n) is 4.14. The van der Waals surface area contributed by atoms with Crippen LogP contribution in [0.15, 0.2) is 48.5 Å². The zero-order valence-electron chi connectivity index (χ0n) is 10.5. The molecule has 0 aliphatic carbocycles. The van der Waals surface area contributed by atoms with Crippen LogP contribution in [-0.4, -0.2) is 5.91 Å². The topological polar surface area (TPSA) is 52.3 Å². The third-order valence-electron chi connectivity index (χ3n) is 2.80. The predicted octanol–water partition coefficient (Wildman–Crippen LogP) is 3.58. The smallest absolute Gasteiger partial charge is 0.252 e. The monoisotopic (exact) mass is 275 g/mol. The Morgan fingerprint density at radius 1 is 1.16 bits per heavy atom. The van der Waals surface area contributed by atoms with Gasteiger partial charge in [-0.1, -0.05) is 41.9 Å². The molecule has 1 atom stereocenters. The lowest BCUT2D eigenvalue weighted by Crippen LogP contribution is -2.14. The molecule has 2 N–H and O–H groups in total. The van der Waals surface area contributed by atoms with Crippen molar-refractivity contribution in [3.63, 3.8) is 0 Å². The van der Waals surface area contributed by atoms with E-state index in [0.29, 0.717) is 16.3 Å². The molecule has 0 bridgehead atoms. The minimum atomic E-state index is -0.512. The van der Waals surface area contributed by atoms with E-state index in [1.165, 1.54) is 0 Å². The van der Waals surface area contributed by atoms with Crippen LogP contribution >= 0.6 is 11.6 Å². The zero-order valence-corrected chi connectivity index (χ0v) is 11.2. The largest absolute Gasteiger partial charge is 0.485 e. The SMILES string of the molecule is CC(Oc1ccccc1C(N)=O)c1ccccc1Cl. The van der Waals surface area contributed by atoms with E-state index >= 15 is 0 Å². The molecule has 98 valence electrons. The number of benzene rings is 2. The summed E-state index contributed by atoms with van der Waals surface area (Å²) in [5, 5.41) is 0.631. The summed E-state index contributed by atoms with van der Waals surface area (Å²) < 4.78 is 5.79. The maximum atomic E-state index is 11.3. The third-order valence-corrected chi connectivity index (χ3v) is 3.14. The van der Waals surface area contributed by atoms with E-state index in [1.54, 1.807) is 30.3 Å². The van der Waals surface area contributed by atoms with Gasteiger partial charge in [0.1, 0.15) is 11.9 Å². The van der Waals surface area contributed by atoms with Crippen molar-refractivity contribution in [1.82, 2.24) is 0 Å². The molecule has 2 rings (SSSR count). The van der Waals surface area contributed by atoms with E-state index in [2.05, 4.69) is 0 Å². The van der Waals surface area contributed by atoms with Crippen LogP contribution in [0.4, 0.5) is 0 Å². The Bertz CT molecular complexity index is 598. The van der Waals surface area contributed by atoms with E-state index in [4.69, 9.17) is 22.1 Å². The Morgan fingerprint density at radius 3 is 2.47 bits per heavy atom. The number of primary amides is 1. The molecule has 3 nitrogen and oxygen atoms in total. The molecule has 0 heterocycles. The number of hydrogen-bond donors (Lipinski definition) is 1. The van der Waals surface area contributed by atoms with Crippen LogP contribution in [0.3, 0.4) is 0 Å². The molecule has 19 heavy (non-hydrogen) atoms. The van der Waals surface area contributed by atoms with E-state index < -0.39 is 5.91 Å². The van der Waals surface area contributed by atoms with Gasteiger partial charge in [-0.15, -0.1) is 0 Å². The molecule has 0 fully saturated rings. The highest BCUT2D eigenvalue weighted by Gasteiger charge is 2.14. The van der Waals surface area contributed by atoms with Crippen molar-refractivity contribution in [1.29, 1.82) is 0 Å². The van der Waals surface area contributed by atoms with Crippen molar-refractivity contribution in [2.24, 2.45) is 5.73 Å². The van der Waals surface area contributed by atoms with Gasteiger partial charge in [0.15, 0.2) is 0 Å². The fourth-order valence-electron chi connectivity index (χ4n) is 1.83. The Balaban J connectivity index is 2.27. The fourth-order valence-corrected chi connectivity index (χ4v) is 2.12. The van der Waals surface area contributed by atoms with E-state index in [-0.39, 0.29) is 6.10 Å². The van der Waals surface area contributed by atoms with Crippen LogP contribution < -0.4 is 10.5 Å². The lowest BCUT2D eigenvalue weighted by Gasteiger charge is -2.17. The normalized spacial score (nSPS) is 11.9. The standard InChI is InChI=1S/C15H14ClNO2/c1-10(11-6-2-4-8-13(11)16)19-14-9-5-3-7-12(14)15(17)18/h2-10H,1H3,(H2,17,18). The average Bonchev–Trinajstić information content (AvgIpc) is 2.39. The Morgan fingerprint density at radius 2 is 1.79 bits per heavy atom. The molecule has 2 aromatic rings. The molecule has 0 radical (unpaired) electrons. The first-order valence-corrected chi connectivity index (χ1v) is 6.27. The van der Waals surface area contributed by atoms with Gasteiger partial charge < -0.3 is 10.5 Å². The predicted molar refractivity (Wildman–Crippen MR) is 75.5 cm³/mol. The van der Waals surface area contributed by atoms with Crippen molar-refractivity contribution in [2.45, 2.75) is 13.0 Å². The van der Waals surface area contributed by atoms with Gasteiger partial charge in [0.25, 0.3) is 5.91 Å². The Hall–Kier alpha value is -2.00. The zero-order chi connectivity index (χ0) is 13.8. The summed E-state index contributed by atoms with van der Waals surface area (Å²) in [5.74, 6) is -0.0515. The third kappa shape index (κ3) is 3.06. The number of ether oxygens (including phenoxy) is 1. The molecule has 2 aromatic carbocycles. The van der Waals surface area contributed by atoms with Gasteiger partial charge in [-0.25, -0.2) is 0 Å². The van der Waals surface area contributed by atoms with Crippen LogP contribution in [0.5, 0.6) is 5.75 Å². The number of para-hydroxylation sites is 1. The van der Waals surface area contributed by atoms with Crippen molar-refractivity contribution < 1.29 is 9.53 Å². The van der Waals surface area contributed by atoms with Crippen LogP contribution in [0, 0.1) is 0 Å². The second kappa shape index (κ2) is 5.76. The summed E-state index contributed by atoms with van der Waals surface area (Å²) in [6.07, 6.45) is -0.269. The molecular weight excluding hydrogens is 262 g/mol. The summed E-state index contributed by atoms with van der Waals surface area (Å²) in [7, 11) is 0. The Kier molecular flexibility index (Phi) is 4.07. The van der Waals surface area contributed by atoms with Crippen LogP contribution in [0.2, 0.25) is 5.02 Å². The van der Waals surface area contributed by atoms with Crippen molar-refractivity contribution >= 4 is 17.5 Å². The maximum Gasteiger partial charge on any atom is 0.252 e. The molecule has 0 aliphatic rings. The van der Waals surface area contributed by atoms with Crippen LogP contribution in [-0.2, 0) is 0 Å². The van der Waals surface area contributed by atoms with Crippen molar-refractivity contribution in [3.05, 3.63) is 64.7 Å². The van der Waals surface area contributed by atoms with Gasteiger partial charge >= 0.3 is 0 Å². The lowest BCUT2D eigenvalue weighted by molar-refractivity contribution is 0.0993. The number of halogens is 1. The van der Waals surface area contributed by atoms with Gasteiger partial charge in [-0.2, -0.15) is 0 Å². The van der Waals surface area contributed by atoms with Crippen molar-refractivity contribution in [2.75, 3.05) is 0 Å². The summed E-state index contributed by atoms with van der Waals surface area (Å²) in [6.45, 7) is 1.87. The van der Waals surface area contributed by atoms with Crippen LogP contribution in [0.1, 0.15) is 28.9 Å². The molecule has 1 unspecified atom stereocenters. The van der Waals surface area contributed by atoms with Crippen molar-refractivity contribution in [3.8, 4) is 5.75 Å². The van der Waals surface area contributed by atoms with Gasteiger partial charge in [-0.3, -0.25) is 4.79 Å². The molecule has 0 spiro atoms. The first kappa shape index (κ1) is 13.4. The highest BCUT2D eigenvalue weighted by Crippen LogP contribution is 2.28. The van der Waals surface area contributed by atoms with Gasteiger partial charge in [-0.05, 0) is 25.1 Å². The number of hydrogen-bond acceptors (Lipinski definition) is 2. The molecule has 4 heteroatoms. The molecule has 0 aliphatic heterocycles.